The molecule has 21 heavy (non-hydrogen) atoms. The van der Waals surface area contributed by atoms with Gasteiger partial charge in [0.2, 0.25) is 0 Å². The lowest BCUT2D eigenvalue weighted by Gasteiger charge is -2.25. The number of carbonyl (C=O) groups is 1. The lowest BCUT2D eigenvalue weighted by molar-refractivity contribution is 0.182. The summed E-state index contributed by atoms with van der Waals surface area (Å²) in [6.45, 7) is 1.81. The monoisotopic (exact) mass is 288 g/mol. The molecule has 1 aromatic carbocycles. The number of aliphatic hydroxyl groups is 1. The molecule has 0 radical (unpaired) electrons. The van der Waals surface area contributed by atoms with Crippen LogP contribution in [0.15, 0.2) is 24.3 Å². The number of nitrogens with one attached hydrogen (secondary N) is 2. The topological polar surface area (TPSA) is 88.4 Å². The van der Waals surface area contributed by atoms with Gasteiger partial charge in [-0.25, -0.2) is 4.79 Å². The second-order valence-electron chi connectivity index (χ2n) is 5.08. The van der Waals surface area contributed by atoms with Gasteiger partial charge in [0.1, 0.15) is 0 Å². The van der Waals surface area contributed by atoms with Gasteiger partial charge in [-0.3, -0.25) is 0 Å². The predicted octanol–water partition coefficient (Wildman–Crippen LogP) is 1.14. The lowest BCUT2D eigenvalue weighted by Crippen LogP contribution is -2.44. The summed E-state index contributed by atoms with van der Waals surface area (Å²) < 4.78 is 0. The van der Waals surface area contributed by atoms with Crippen LogP contribution in [0.1, 0.15) is 18.4 Å². The Morgan fingerprint density at radius 3 is 2.81 bits per heavy atom. The normalized spacial score (nSPS) is 17.2. The zero-order chi connectivity index (χ0) is 15.1. The first-order valence-electron chi connectivity index (χ1n) is 7.13. The number of hydrogen-bond donors (Lipinski definition) is 3. The smallest absolute Gasteiger partial charge is 0.321 e. The van der Waals surface area contributed by atoms with Crippen LogP contribution in [0.5, 0.6) is 0 Å². The molecule has 0 saturated carbocycles. The molecule has 1 saturated heterocycles. The molecule has 3 N–H and O–H groups in total. The summed E-state index contributed by atoms with van der Waals surface area (Å²) in [7, 11) is 0. The number of hydrogen-bond acceptors (Lipinski definition) is 4. The zero-order valence-electron chi connectivity index (χ0n) is 11.9. The molecule has 1 aliphatic heterocycles. The Bertz CT molecular complexity index is 503. The summed E-state index contributed by atoms with van der Waals surface area (Å²) in [5, 5.41) is 24.0. The number of rotatable bonds is 5. The first-order valence-corrected chi connectivity index (χ1v) is 7.13. The number of amides is 2. The van der Waals surface area contributed by atoms with Crippen molar-refractivity contribution in [3.05, 3.63) is 29.8 Å². The molecule has 1 aliphatic rings. The van der Waals surface area contributed by atoms with Gasteiger partial charge in [-0.15, -0.1) is 0 Å². The number of anilines is 1. The summed E-state index contributed by atoms with van der Waals surface area (Å²) in [6, 6.07) is 8.80. The molecule has 1 heterocycles. The van der Waals surface area contributed by atoms with Crippen molar-refractivity contribution in [1.82, 2.24) is 10.2 Å². The van der Waals surface area contributed by atoms with E-state index in [9.17, 15) is 4.79 Å². The summed E-state index contributed by atoms with van der Waals surface area (Å²) in [6.07, 6.45) is 2.17. The maximum Gasteiger partial charge on any atom is 0.321 e. The van der Waals surface area contributed by atoms with Crippen LogP contribution in [0.3, 0.4) is 0 Å². The summed E-state index contributed by atoms with van der Waals surface area (Å²) in [5.41, 5.74) is 1.19. The minimum atomic E-state index is -0.234. The third-order valence-corrected chi connectivity index (χ3v) is 3.53. The van der Waals surface area contributed by atoms with Crippen LogP contribution >= 0.6 is 0 Å². The van der Waals surface area contributed by atoms with Gasteiger partial charge in [0.25, 0.3) is 0 Å². The highest BCUT2D eigenvalue weighted by molar-refractivity contribution is 5.89. The number of nitriles is 1. The molecule has 0 aliphatic carbocycles. The standard InChI is InChI=1S/C15H20N4O2/c16-10-12-3-5-13(6-4-12)18-15(21)19(8-9-20)11-14-2-1-7-17-14/h3-6,14,17,20H,1-2,7-9,11H2,(H,18,21). The van der Waals surface area contributed by atoms with E-state index < -0.39 is 0 Å². The number of urea groups is 1. The molecule has 1 aromatic rings. The molecule has 6 heteroatoms. The Kier molecular flexibility index (Phi) is 5.55. The summed E-state index contributed by atoms with van der Waals surface area (Å²) in [5.74, 6) is 0. The highest BCUT2D eigenvalue weighted by Crippen LogP contribution is 2.11. The molecular weight excluding hydrogens is 268 g/mol. The fourth-order valence-corrected chi connectivity index (χ4v) is 2.41. The predicted molar refractivity (Wildman–Crippen MR) is 79.9 cm³/mol. The number of nitrogens with zero attached hydrogens (tertiary/aromatic N) is 2. The van der Waals surface area contributed by atoms with E-state index >= 15 is 0 Å². The second-order valence-corrected chi connectivity index (χ2v) is 5.08. The first-order chi connectivity index (χ1) is 10.2. The van der Waals surface area contributed by atoms with Crippen molar-refractivity contribution in [3.8, 4) is 6.07 Å². The summed E-state index contributed by atoms with van der Waals surface area (Å²) >= 11 is 0. The molecule has 1 unspecified atom stereocenters. The van der Waals surface area contributed by atoms with E-state index in [2.05, 4.69) is 10.6 Å². The molecule has 0 bridgehead atoms. The Balaban J connectivity index is 1.94. The van der Waals surface area contributed by atoms with Gasteiger partial charge in [-0.05, 0) is 43.7 Å². The Morgan fingerprint density at radius 1 is 1.48 bits per heavy atom. The van der Waals surface area contributed by atoms with E-state index in [4.69, 9.17) is 10.4 Å². The number of aliphatic hydroxyl groups excluding tert-OH is 1. The van der Waals surface area contributed by atoms with Crippen LogP contribution in [0.2, 0.25) is 0 Å². The van der Waals surface area contributed by atoms with Gasteiger partial charge in [-0.2, -0.15) is 5.26 Å². The largest absolute Gasteiger partial charge is 0.395 e. The molecule has 2 amide bonds. The maximum atomic E-state index is 12.3. The Hall–Kier alpha value is -2.10. The third kappa shape index (κ3) is 4.45. The van der Waals surface area contributed by atoms with Crippen LogP contribution in [0.4, 0.5) is 10.5 Å². The van der Waals surface area contributed by atoms with Gasteiger partial charge >= 0.3 is 6.03 Å². The first kappa shape index (κ1) is 15.3. The van der Waals surface area contributed by atoms with Crippen LogP contribution in [0, 0.1) is 11.3 Å². The number of carbonyl (C=O) groups excluding carboxylic acids is 1. The van der Waals surface area contributed by atoms with E-state index in [1.165, 1.54) is 0 Å². The fourth-order valence-electron chi connectivity index (χ4n) is 2.41. The fraction of sp³-hybridized carbons (Fsp3) is 0.467. The maximum absolute atomic E-state index is 12.3. The van der Waals surface area contributed by atoms with E-state index in [-0.39, 0.29) is 12.6 Å². The molecule has 112 valence electrons. The molecule has 6 nitrogen and oxygen atoms in total. The highest BCUT2D eigenvalue weighted by atomic mass is 16.3. The van der Waals surface area contributed by atoms with E-state index in [0.29, 0.717) is 30.4 Å². The van der Waals surface area contributed by atoms with E-state index in [1.54, 1.807) is 29.2 Å². The molecule has 1 fully saturated rings. The Labute approximate surface area is 124 Å². The van der Waals surface area contributed by atoms with Crippen LogP contribution in [-0.4, -0.2) is 48.3 Å². The van der Waals surface area contributed by atoms with Crippen LogP contribution in [0.25, 0.3) is 0 Å². The van der Waals surface area contributed by atoms with Gasteiger partial charge in [0.05, 0.1) is 18.2 Å². The molecule has 2 rings (SSSR count). The SMILES string of the molecule is N#Cc1ccc(NC(=O)N(CCO)CC2CCCN2)cc1. The molecular formula is C15H20N4O2. The molecule has 1 atom stereocenters. The van der Waals surface area contributed by atoms with Gasteiger partial charge in [0, 0.05) is 24.8 Å². The lowest BCUT2D eigenvalue weighted by atomic mass is 10.2. The van der Waals surface area contributed by atoms with Gasteiger partial charge in [-0.1, -0.05) is 0 Å². The van der Waals surface area contributed by atoms with Crippen molar-refractivity contribution < 1.29 is 9.90 Å². The van der Waals surface area contributed by atoms with Crippen molar-refractivity contribution in [3.63, 3.8) is 0 Å². The van der Waals surface area contributed by atoms with E-state index in [1.807, 2.05) is 6.07 Å². The van der Waals surface area contributed by atoms with E-state index in [0.717, 1.165) is 19.4 Å². The summed E-state index contributed by atoms with van der Waals surface area (Å²) in [4.78, 5) is 13.9. The Morgan fingerprint density at radius 2 is 2.24 bits per heavy atom. The minimum absolute atomic E-state index is 0.0620. The number of benzene rings is 1. The molecule has 0 aromatic heterocycles. The molecule has 0 spiro atoms. The van der Waals surface area contributed by atoms with Crippen LogP contribution < -0.4 is 10.6 Å². The zero-order valence-corrected chi connectivity index (χ0v) is 11.9. The van der Waals surface area contributed by atoms with Gasteiger partial charge < -0.3 is 20.6 Å². The third-order valence-electron chi connectivity index (χ3n) is 3.53. The quantitative estimate of drug-likeness (QED) is 0.758. The van der Waals surface area contributed by atoms with Crippen molar-refractivity contribution >= 4 is 11.7 Å². The average molecular weight is 288 g/mol. The van der Waals surface area contributed by atoms with Gasteiger partial charge in [0.15, 0.2) is 0 Å². The van der Waals surface area contributed by atoms with Crippen LogP contribution in [-0.2, 0) is 0 Å². The minimum Gasteiger partial charge on any atom is -0.395 e. The van der Waals surface area contributed by atoms with Crippen molar-refractivity contribution in [2.24, 2.45) is 0 Å². The van der Waals surface area contributed by atoms with Crippen molar-refractivity contribution in [2.45, 2.75) is 18.9 Å². The highest BCUT2D eigenvalue weighted by Gasteiger charge is 2.21. The average Bonchev–Trinajstić information content (AvgIpc) is 3.00. The van der Waals surface area contributed by atoms with Crippen molar-refractivity contribution in [1.29, 1.82) is 5.26 Å². The second kappa shape index (κ2) is 7.62. The van der Waals surface area contributed by atoms with Crippen molar-refractivity contribution in [2.75, 3.05) is 31.6 Å².